The molecule has 0 aliphatic heterocycles. The zero-order valence-corrected chi connectivity index (χ0v) is 20.8. The van der Waals surface area contributed by atoms with Crippen molar-refractivity contribution >= 4 is 39.3 Å². The molecule has 0 fully saturated rings. The molecule has 0 N–H and O–H groups in total. The molecule has 0 spiro atoms. The van der Waals surface area contributed by atoms with Gasteiger partial charge in [-0.3, -0.25) is 14.0 Å². The third-order valence-corrected chi connectivity index (χ3v) is 6.20. The van der Waals surface area contributed by atoms with Gasteiger partial charge in [0.1, 0.15) is 16.9 Å². The van der Waals surface area contributed by atoms with E-state index in [9.17, 15) is 14.4 Å². The molecular weight excluding hydrogens is 468 g/mol. The highest BCUT2D eigenvalue weighted by Crippen LogP contribution is 2.20. The lowest BCUT2D eigenvalue weighted by Gasteiger charge is -2.17. The number of hydrogen-bond donors (Lipinski definition) is 0. The highest BCUT2D eigenvalue weighted by molar-refractivity contribution is 5.94. The minimum atomic E-state index is -0.659. The second kappa shape index (κ2) is 9.81. The molecule has 0 bridgehead atoms. The fraction of sp³-hybridized carbons (Fsp3) is 0.207. The van der Waals surface area contributed by atoms with Crippen LogP contribution in [-0.2, 0) is 16.0 Å². The number of nitrogens with zero attached hydrogens (tertiary/aromatic N) is 4. The van der Waals surface area contributed by atoms with E-state index < -0.39 is 11.9 Å². The van der Waals surface area contributed by atoms with E-state index >= 15 is 0 Å². The summed E-state index contributed by atoms with van der Waals surface area (Å²) in [6.07, 6.45) is 1.67. The number of fused-ring (bicyclic) bond motifs is 3. The fourth-order valence-electron chi connectivity index (χ4n) is 4.57. The van der Waals surface area contributed by atoms with Gasteiger partial charge in [0.25, 0.3) is 11.5 Å². The molecule has 5 aromatic rings. The Hall–Kier alpha value is -4.59. The summed E-state index contributed by atoms with van der Waals surface area (Å²) in [6.45, 7) is 5.60. The van der Waals surface area contributed by atoms with Crippen molar-refractivity contribution in [3.63, 3.8) is 0 Å². The molecule has 0 aliphatic rings. The van der Waals surface area contributed by atoms with Gasteiger partial charge in [0.05, 0.1) is 18.4 Å². The van der Waals surface area contributed by atoms with Crippen LogP contribution < -0.4 is 11.0 Å². The van der Waals surface area contributed by atoms with Crippen molar-refractivity contribution < 1.29 is 14.3 Å². The van der Waals surface area contributed by atoms with Crippen molar-refractivity contribution in [2.24, 2.45) is 4.99 Å². The highest BCUT2D eigenvalue weighted by Gasteiger charge is 2.21. The van der Waals surface area contributed by atoms with E-state index in [-0.39, 0.29) is 41.1 Å². The zero-order chi connectivity index (χ0) is 26.1. The maximum Gasteiger partial charge on any atom is 0.341 e. The molecule has 0 saturated heterocycles. The van der Waals surface area contributed by atoms with Crippen LogP contribution in [0.15, 0.2) is 82.7 Å². The van der Waals surface area contributed by atoms with Gasteiger partial charge in [-0.2, -0.15) is 4.99 Å². The Morgan fingerprint density at radius 1 is 1.00 bits per heavy atom. The number of carbonyl (C=O) groups excluding carboxylic acids is 2. The summed E-state index contributed by atoms with van der Waals surface area (Å²) in [5.41, 5.74) is 1.47. The van der Waals surface area contributed by atoms with Crippen molar-refractivity contribution in [3.8, 4) is 0 Å². The van der Waals surface area contributed by atoms with Gasteiger partial charge in [-0.05, 0) is 55.3 Å². The summed E-state index contributed by atoms with van der Waals surface area (Å²) < 4.78 is 8.37. The van der Waals surface area contributed by atoms with Crippen LogP contribution in [0.5, 0.6) is 0 Å². The van der Waals surface area contributed by atoms with Gasteiger partial charge in [-0.1, -0.05) is 48.5 Å². The Morgan fingerprint density at radius 3 is 2.54 bits per heavy atom. The van der Waals surface area contributed by atoms with Crippen molar-refractivity contribution in [1.29, 1.82) is 0 Å². The van der Waals surface area contributed by atoms with E-state index in [0.29, 0.717) is 11.3 Å². The maximum absolute atomic E-state index is 13.4. The number of hydrogen-bond acceptors (Lipinski definition) is 5. The summed E-state index contributed by atoms with van der Waals surface area (Å²) in [5.74, 6) is -1.08. The number of ether oxygens (including phenoxy) is 1. The largest absolute Gasteiger partial charge is 0.462 e. The van der Waals surface area contributed by atoms with Crippen LogP contribution in [-0.4, -0.2) is 32.4 Å². The molecule has 1 amide bonds. The quantitative estimate of drug-likeness (QED) is 0.269. The van der Waals surface area contributed by atoms with E-state index in [2.05, 4.69) is 4.99 Å². The Kier molecular flexibility index (Phi) is 6.40. The molecule has 8 heteroatoms. The number of carbonyl (C=O) groups is 2. The average molecular weight is 495 g/mol. The standard InChI is InChI=1S/C29H26N4O4/c1-4-37-29(36)23-17-22-26(30-24-14-7-8-15-32(24)28(22)35)33(18(2)3)27(23)31-25(34)16-20-12-9-11-19-10-5-6-13-21(19)20/h5-15,17-18H,4,16H2,1-3H3. The topological polar surface area (TPSA) is 95.0 Å². The van der Waals surface area contributed by atoms with Gasteiger partial charge in [0, 0.05) is 12.2 Å². The summed E-state index contributed by atoms with van der Waals surface area (Å²) in [7, 11) is 0. The summed E-state index contributed by atoms with van der Waals surface area (Å²) in [4.78, 5) is 48.8. The van der Waals surface area contributed by atoms with Crippen LogP contribution in [0.2, 0.25) is 0 Å². The van der Waals surface area contributed by atoms with Crippen molar-refractivity contribution in [2.45, 2.75) is 33.2 Å². The second-order valence-corrected chi connectivity index (χ2v) is 8.97. The molecule has 2 aromatic carbocycles. The van der Waals surface area contributed by atoms with Crippen molar-refractivity contribution in [2.75, 3.05) is 6.61 Å². The van der Waals surface area contributed by atoms with Crippen LogP contribution >= 0.6 is 0 Å². The summed E-state index contributed by atoms with van der Waals surface area (Å²) in [5, 5.41) is 2.23. The van der Waals surface area contributed by atoms with Crippen LogP contribution in [0.3, 0.4) is 0 Å². The first kappa shape index (κ1) is 24.1. The molecule has 0 radical (unpaired) electrons. The van der Waals surface area contributed by atoms with E-state index in [1.54, 1.807) is 35.9 Å². The van der Waals surface area contributed by atoms with Crippen molar-refractivity contribution in [1.82, 2.24) is 14.0 Å². The lowest BCUT2D eigenvalue weighted by Crippen LogP contribution is -2.33. The molecule has 0 unspecified atom stereocenters. The lowest BCUT2D eigenvalue weighted by atomic mass is 10.0. The predicted molar refractivity (Wildman–Crippen MR) is 142 cm³/mol. The summed E-state index contributed by atoms with van der Waals surface area (Å²) in [6, 6.07) is 20.1. The molecule has 3 aromatic heterocycles. The Labute approximate surface area is 212 Å². The Balaban J connectivity index is 1.78. The number of pyridine rings is 2. The lowest BCUT2D eigenvalue weighted by molar-refractivity contribution is -0.117. The maximum atomic E-state index is 13.4. The first-order valence-corrected chi connectivity index (χ1v) is 12.2. The first-order valence-electron chi connectivity index (χ1n) is 12.2. The van der Waals surface area contributed by atoms with Gasteiger partial charge in [-0.25, -0.2) is 9.78 Å². The van der Waals surface area contributed by atoms with Gasteiger partial charge >= 0.3 is 5.97 Å². The molecule has 3 heterocycles. The number of rotatable bonds is 5. The van der Waals surface area contributed by atoms with Gasteiger partial charge in [0.2, 0.25) is 0 Å². The third-order valence-electron chi connectivity index (χ3n) is 6.20. The SMILES string of the molecule is CCOC(=O)c1cc2c(=O)n3ccccc3nc2n(C(C)C)c1=NC(=O)Cc1cccc2ccccc12. The van der Waals surface area contributed by atoms with E-state index in [4.69, 9.17) is 9.72 Å². The minimum Gasteiger partial charge on any atom is -0.462 e. The zero-order valence-electron chi connectivity index (χ0n) is 20.8. The average Bonchev–Trinajstić information content (AvgIpc) is 2.88. The third kappa shape index (κ3) is 4.42. The van der Waals surface area contributed by atoms with Gasteiger partial charge in [-0.15, -0.1) is 0 Å². The predicted octanol–water partition coefficient (Wildman–Crippen LogP) is 4.23. The van der Waals surface area contributed by atoms with Gasteiger partial charge in [0.15, 0.2) is 5.49 Å². The number of amides is 1. The molecule has 5 rings (SSSR count). The Morgan fingerprint density at radius 2 is 1.76 bits per heavy atom. The van der Waals surface area contributed by atoms with Crippen molar-refractivity contribution in [3.05, 3.63) is 99.9 Å². The number of esters is 1. The van der Waals surface area contributed by atoms with Crippen LogP contribution in [0, 0.1) is 0 Å². The number of aromatic nitrogens is 3. The van der Waals surface area contributed by atoms with Gasteiger partial charge < -0.3 is 9.30 Å². The molecule has 0 atom stereocenters. The van der Waals surface area contributed by atoms with E-state index in [1.165, 1.54) is 10.5 Å². The molecule has 8 nitrogen and oxygen atoms in total. The Bertz CT molecular complexity index is 1810. The molecule has 0 aliphatic carbocycles. The molecular formula is C29H26N4O4. The van der Waals surface area contributed by atoms with E-state index in [1.807, 2.05) is 56.3 Å². The minimum absolute atomic E-state index is 0.0455. The fourth-order valence-corrected chi connectivity index (χ4v) is 4.57. The smallest absolute Gasteiger partial charge is 0.341 e. The van der Waals surface area contributed by atoms with Crippen LogP contribution in [0.1, 0.15) is 42.7 Å². The number of benzene rings is 2. The highest BCUT2D eigenvalue weighted by atomic mass is 16.5. The molecule has 186 valence electrons. The molecule has 37 heavy (non-hydrogen) atoms. The second-order valence-electron chi connectivity index (χ2n) is 8.97. The monoisotopic (exact) mass is 494 g/mol. The van der Waals surface area contributed by atoms with E-state index in [0.717, 1.165) is 16.3 Å². The summed E-state index contributed by atoms with van der Waals surface area (Å²) >= 11 is 0. The molecule has 0 saturated carbocycles. The normalized spacial score (nSPS) is 12.1. The van der Waals surface area contributed by atoms with Crippen LogP contribution in [0.4, 0.5) is 0 Å². The van der Waals surface area contributed by atoms with Crippen LogP contribution in [0.25, 0.3) is 27.5 Å². The first-order chi connectivity index (χ1) is 17.9.